The SMILES string of the molecule is Cn1nc(Cc2ccccc2)[nH][c]1=[Pt].IN(I)Cc1ccccc1. The van der Waals surface area contributed by atoms with E-state index in [9.17, 15) is 0 Å². The van der Waals surface area contributed by atoms with Crippen molar-refractivity contribution in [2.75, 3.05) is 0 Å². The molecule has 0 radical (unpaired) electrons. The van der Waals surface area contributed by atoms with Crippen LogP contribution in [-0.4, -0.2) is 16.1 Å². The summed E-state index contributed by atoms with van der Waals surface area (Å²) in [5.41, 5.74) is 2.63. The molecule has 1 aromatic heterocycles. The minimum Gasteiger partial charge on any atom is -0.184 e. The predicted molar refractivity (Wildman–Crippen MR) is 110 cm³/mol. The Morgan fingerprint density at radius 1 is 1.00 bits per heavy atom. The summed E-state index contributed by atoms with van der Waals surface area (Å²) in [6, 6.07) is 20.7. The number of nitrogens with zero attached hydrogens (tertiary/aromatic N) is 3. The number of hydrogen-bond donors (Lipinski definition) is 1. The molecule has 4 nitrogen and oxygen atoms in total. The molecule has 1 heterocycles. The van der Waals surface area contributed by atoms with E-state index in [4.69, 9.17) is 0 Å². The molecule has 0 unspecified atom stereocenters. The van der Waals surface area contributed by atoms with Gasteiger partial charge in [0.05, 0.1) is 0 Å². The molecule has 0 saturated carbocycles. The van der Waals surface area contributed by atoms with Gasteiger partial charge in [-0.1, -0.05) is 30.3 Å². The smallest absolute Gasteiger partial charge is 0.0435 e. The Morgan fingerprint density at radius 3 is 2.00 bits per heavy atom. The van der Waals surface area contributed by atoms with E-state index < -0.39 is 0 Å². The molecule has 1 N–H and O–H groups in total. The Kier molecular flexibility index (Phi) is 8.86. The van der Waals surface area contributed by atoms with Crippen LogP contribution in [-0.2, 0) is 39.4 Å². The van der Waals surface area contributed by atoms with Gasteiger partial charge in [0.25, 0.3) is 0 Å². The van der Waals surface area contributed by atoms with Crippen molar-refractivity contribution in [2.45, 2.75) is 13.0 Å². The summed E-state index contributed by atoms with van der Waals surface area (Å²) in [4.78, 5) is 3.23. The van der Waals surface area contributed by atoms with Gasteiger partial charge < -0.3 is 0 Å². The molecule has 3 aromatic rings. The van der Waals surface area contributed by atoms with Crippen molar-refractivity contribution >= 4 is 45.7 Å². The monoisotopic (exact) mass is 727 g/mol. The molecule has 0 saturated heterocycles. The molecule has 0 atom stereocenters. The molecule has 7 heteroatoms. The third-order valence-electron chi connectivity index (χ3n) is 3.13. The fourth-order valence-electron chi connectivity index (χ4n) is 2.03. The zero-order valence-electron chi connectivity index (χ0n) is 13.1. The Bertz CT molecular complexity index is 785. The summed E-state index contributed by atoms with van der Waals surface area (Å²) < 4.78 is 5.00. The minimum atomic E-state index is 0.859. The summed E-state index contributed by atoms with van der Waals surface area (Å²) in [7, 11) is 1.94. The second-order valence-corrected chi connectivity index (χ2v) is 10.3. The van der Waals surface area contributed by atoms with E-state index in [-0.39, 0.29) is 0 Å². The number of H-pyrrole nitrogens is 1. The van der Waals surface area contributed by atoms with Crippen LogP contribution in [0.1, 0.15) is 17.0 Å². The van der Waals surface area contributed by atoms with E-state index in [0.29, 0.717) is 0 Å². The Balaban J connectivity index is 0.000000185. The predicted octanol–water partition coefficient (Wildman–Crippen LogP) is 4.61. The van der Waals surface area contributed by atoms with Crippen LogP contribution in [0.2, 0.25) is 0 Å². The first kappa shape index (κ1) is 20.0. The molecular formula is C17H18I2N4Pt. The van der Waals surface area contributed by atoms with Crippen LogP contribution in [0.15, 0.2) is 60.7 Å². The summed E-state index contributed by atoms with van der Waals surface area (Å²) in [6.45, 7) is 1.00. The quantitative estimate of drug-likeness (QED) is 0.316. The third-order valence-corrected chi connectivity index (χ3v) is 4.84. The summed E-state index contributed by atoms with van der Waals surface area (Å²) in [5, 5.41) is 4.36. The Labute approximate surface area is 181 Å². The van der Waals surface area contributed by atoms with Crippen LogP contribution in [0, 0.1) is 3.80 Å². The number of nitrogens with one attached hydrogen (secondary N) is 1. The van der Waals surface area contributed by atoms with Crippen molar-refractivity contribution < 1.29 is 19.4 Å². The van der Waals surface area contributed by atoms with Gasteiger partial charge in [0.15, 0.2) is 0 Å². The topological polar surface area (TPSA) is 36.9 Å². The number of aromatic amines is 1. The van der Waals surface area contributed by atoms with E-state index in [1.54, 1.807) is 0 Å². The number of halogens is 2. The molecule has 0 spiro atoms. The molecule has 0 aliphatic rings. The van der Waals surface area contributed by atoms with Crippen molar-refractivity contribution in [1.82, 2.24) is 16.1 Å². The molecule has 24 heavy (non-hydrogen) atoms. The summed E-state index contributed by atoms with van der Waals surface area (Å²) in [5.74, 6) is 1.00. The van der Waals surface area contributed by atoms with Gasteiger partial charge in [-0.15, -0.1) is 0 Å². The van der Waals surface area contributed by atoms with E-state index in [1.807, 2.05) is 36.0 Å². The van der Waals surface area contributed by atoms with Crippen molar-refractivity contribution in [3.8, 4) is 0 Å². The molecule has 0 fully saturated rings. The van der Waals surface area contributed by atoms with Crippen LogP contribution in [0.3, 0.4) is 0 Å². The van der Waals surface area contributed by atoms with E-state index in [2.05, 4.69) is 113 Å². The average molecular weight is 727 g/mol. The molecule has 3 rings (SSSR count). The maximum absolute atomic E-state index is 4.36. The van der Waals surface area contributed by atoms with Gasteiger partial charge in [0, 0.05) is 52.3 Å². The first-order chi connectivity index (χ1) is 11.5. The minimum absolute atomic E-state index is 0.859. The van der Waals surface area contributed by atoms with E-state index in [1.165, 1.54) is 11.1 Å². The number of aromatic nitrogens is 3. The van der Waals surface area contributed by atoms with Gasteiger partial charge in [-0.05, 0) is 5.56 Å². The molecule has 0 aliphatic heterocycles. The summed E-state index contributed by atoms with van der Waals surface area (Å²) in [6.07, 6.45) is 0.859. The molecule has 0 amide bonds. The van der Waals surface area contributed by atoms with Crippen molar-refractivity contribution in [1.29, 1.82) is 0 Å². The maximum atomic E-state index is 4.36. The van der Waals surface area contributed by atoms with Crippen molar-refractivity contribution in [2.24, 2.45) is 7.05 Å². The van der Waals surface area contributed by atoms with Gasteiger partial charge in [-0.25, -0.2) is 0 Å². The molecule has 2 aromatic carbocycles. The van der Waals surface area contributed by atoms with Crippen LogP contribution >= 0.6 is 45.7 Å². The Morgan fingerprint density at radius 2 is 1.54 bits per heavy atom. The standard InChI is InChI=1S/C10H11N3.C7H7I2N.Pt/c1-13-8-11-10(12-13)7-9-5-3-2-4-6-9;8-10(9)6-7-4-2-1-3-5-7;/h2-6H,7H2,1H3,(H,11,12);1-5H,6H2;. The van der Waals surface area contributed by atoms with Crippen LogP contribution in [0.5, 0.6) is 0 Å². The molecule has 0 aliphatic carbocycles. The van der Waals surface area contributed by atoms with E-state index in [0.717, 1.165) is 22.6 Å². The number of aryl methyl sites for hydroxylation is 1. The van der Waals surface area contributed by atoms with Crippen LogP contribution in [0.4, 0.5) is 0 Å². The molecule has 130 valence electrons. The van der Waals surface area contributed by atoms with Gasteiger partial charge in [0.2, 0.25) is 0 Å². The molecular weight excluding hydrogens is 709 g/mol. The first-order valence-electron chi connectivity index (χ1n) is 7.29. The third kappa shape index (κ3) is 7.29. The zero-order chi connectivity index (χ0) is 17.4. The van der Waals surface area contributed by atoms with E-state index >= 15 is 0 Å². The van der Waals surface area contributed by atoms with Gasteiger partial charge in [0.1, 0.15) is 0 Å². The fraction of sp³-hybridized carbons (Fsp3) is 0.176. The number of hydrogen-bond acceptors (Lipinski definition) is 2. The fourth-order valence-corrected chi connectivity index (χ4v) is 3.26. The summed E-state index contributed by atoms with van der Waals surface area (Å²) >= 11 is 6.75. The number of rotatable bonds is 4. The van der Waals surface area contributed by atoms with Gasteiger partial charge in [-0.2, -0.15) is 1.33 Å². The zero-order valence-corrected chi connectivity index (χ0v) is 19.7. The van der Waals surface area contributed by atoms with Crippen molar-refractivity contribution in [3.63, 3.8) is 0 Å². The van der Waals surface area contributed by atoms with Crippen LogP contribution < -0.4 is 0 Å². The Hall–Kier alpha value is -0.312. The average Bonchev–Trinajstić information content (AvgIpc) is 2.87. The van der Waals surface area contributed by atoms with Gasteiger partial charge in [-0.3, -0.25) is 0 Å². The maximum Gasteiger partial charge on any atom is 0.0435 e. The second-order valence-electron chi connectivity index (χ2n) is 5.07. The second kappa shape index (κ2) is 10.6. The van der Waals surface area contributed by atoms with Gasteiger partial charge >= 0.3 is 93.1 Å². The van der Waals surface area contributed by atoms with Crippen molar-refractivity contribution in [3.05, 3.63) is 81.4 Å². The normalized spacial score (nSPS) is 10.4. The first-order valence-corrected chi connectivity index (χ1v) is 10.4. The molecule has 0 bridgehead atoms. The van der Waals surface area contributed by atoms with Crippen LogP contribution in [0.25, 0.3) is 0 Å². The largest absolute Gasteiger partial charge is 0.184 e. The number of benzene rings is 2.